The number of hydrogen-bond acceptors (Lipinski definition) is 7. The lowest BCUT2D eigenvalue weighted by Gasteiger charge is -2.34. The van der Waals surface area contributed by atoms with Crippen molar-refractivity contribution in [3.05, 3.63) is 113 Å². The number of benzene rings is 4. The molecule has 2 amide bonds. The van der Waals surface area contributed by atoms with E-state index in [0.717, 1.165) is 46.7 Å². The number of halogens is 1. The van der Waals surface area contributed by atoms with E-state index in [4.69, 9.17) is 25.8 Å². The Morgan fingerprint density at radius 3 is 2.16 bits per heavy atom. The van der Waals surface area contributed by atoms with Crippen molar-refractivity contribution in [3.8, 4) is 17.2 Å². The standard InChI is InChI=1S/C39H44ClN3O7S/c1-27-11-10-14-29(21-27)25-42(34(22-28-12-6-5-7-13-28)39(45)41-31-15-8-9-16-31)38(44)26-43(33-23-30(40)17-19-35(33)48-2)51(46,47)32-18-20-36(49-3)37(24-32)50-4/h5-7,10-14,17-21,23-24,31,34H,8-9,15-16,22,25-26H2,1-4H3,(H,41,45). The molecule has 1 aliphatic carbocycles. The van der Waals surface area contributed by atoms with Gasteiger partial charge in [-0.1, -0.05) is 84.6 Å². The Balaban J connectivity index is 1.63. The molecular formula is C39H44ClN3O7S. The normalized spacial score (nSPS) is 13.7. The maximum atomic E-state index is 14.9. The van der Waals surface area contributed by atoms with Gasteiger partial charge in [0, 0.05) is 30.1 Å². The number of ether oxygens (including phenoxy) is 3. The van der Waals surface area contributed by atoms with Gasteiger partial charge in [-0.2, -0.15) is 0 Å². The van der Waals surface area contributed by atoms with Gasteiger partial charge in [-0.15, -0.1) is 0 Å². The van der Waals surface area contributed by atoms with Crippen LogP contribution in [0.25, 0.3) is 0 Å². The van der Waals surface area contributed by atoms with E-state index in [0.29, 0.717) is 5.75 Å². The average Bonchev–Trinajstić information content (AvgIpc) is 3.65. The molecule has 0 spiro atoms. The third-order valence-corrected chi connectivity index (χ3v) is 11.0. The van der Waals surface area contributed by atoms with Gasteiger partial charge in [-0.3, -0.25) is 13.9 Å². The number of rotatable bonds is 15. The van der Waals surface area contributed by atoms with Crippen LogP contribution in [0.1, 0.15) is 42.4 Å². The monoisotopic (exact) mass is 733 g/mol. The van der Waals surface area contributed by atoms with Crippen molar-refractivity contribution in [1.29, 1.82) is 0 Å². The predicted octanol–water partition coefficient (Wildman–Crippen LogP) is 6.57. The first-order valence-electron chi connectivity index (χ1n) is 16.8. The molecular weight excluding hydrogens is 690 g/mol. The second-order valence-electron chi connectivity index (χ2n) is 12.6. The number of amides is 2. The van der Waals surface area contributed by atoms with Gasteiger partial charge in [-0.05, 0) is 61.2 Å². The molecule has 51 heavy (non-hydrogen) atoms. The Bertz CT molecular complexity index is 1930. The topological polar surface area (TPSA) is 114 Å². The molecule has 0 radical (unpaired) electrons. The number of nitrogens with zero attached hydrogens (tertiary/aromatic N) is 2. The van der Waals surface area contributed by atoms with Crippen molar-refractivity contribution in [1.82, 2.24) is 10.2 Å². The maximum Gasteiger partial charge on any atom is 0.265 e. The molecule has 0 aliphatic heterocycles. The van der Waals surface area contributed by atoms with Crippen LogP contribution in [-0.4, -0.2) is 65.1 Å². The minimum atomic E-state index is -4.48. The fraction of sp³-hybridized carbons (Fsp3) is 0.333. The number of carbonyl (C=O) groups excluding carboxylic acids is 2. The van der Waals surface area contributed by atoms with E-state index in [-0.39, 0.29) is 52.0 Å². The van der Waals surface area contributed by atoms with Gasteiger partial charge in [0.2, 0.25) is 11.8 Å². The van der Waals surface area contributed by atoms with Gasteiger partial charge in [0.1, 0.15) is 18.3 Å². The van der Waals surface area contributed by atoms with Crippen molar-refractivity contribution in [3.63, 3.8) is 0 Å². The third kappa shape index (κ3) is 9.14. The van der Waals surface area contributed by atoms with E-state index in [1.165, 1.54) is 56.6 Å². The van der Waals surface area contributed by atoms with Crippen LogP contribution < -0.4 is 23.8 Å². The Hall–Kier alpha value is -4.74. The number of methoxy groups -OCH3 is 3. The summed E-state index contributed by atoms with van der Waals surface area (Å²) in [5.74, 6) is -0.177. The summed E-state index contributed by atoms with van der Waals surface area (Å²) in [4.78, 5) is 30.5. The van der Waals surface area contributed by atoms with E-state index < -0.39 is 28.5 Å². The quantitative estimate of drug-likeness (QED) is 0.147. The number of anilines is 1. The summed E-state index contributed by atoms with van der Waals surface area (Å²) < 4.78 is 46.6. The molecule has 4 aromatic carbocycles. The predicted molar refractivity (Wildman–Crippen MR) is 198 cm³/mol. The van der Waals surface area contributed by atoms with Crippen LogP contribution >= 0.6 is 11.6 Å². The van der Waals surface area contributed by atoms with Crippen molar-refractivity contribution < 1.29 is 32.2 Å². The number of aryl methyl sites for hydroxylation is 1. The molecule has 0 bridgehead atoms. The van der Waals surface area contributed by atoms with Crippen LogP contribution in [0.4, 0.5) is 5.69 Å². The average molecular weight is 734 g/mol. The van der Waals surface area contributed by atoms with Crippen molar-refractivity contribution in [2.24, 2.45) is 0 Å². The highest BCUT2D eigenvalue weighted by Gasteiger charge is 2.37. The molecule has 1 unspecified atom stereocenters. The first kappa shape index (κ1) is 37.5. The highest BCUT2D eigenvalue weighted by Crippen LogP contribution is 2.37. The lowest BCUT2D eigenvalue weighted by Crippen LogP contribution is -2.54. The summed E-state index contributed by atoms with van der Waals surface area (Å²) in [7, 11) is -0.221. The molecule has 1 atom stereocenters. The van der Waals surface area contributed by atoms with Gasteiger partial charge in [0.15, 0.2) is 11.5 Å². The molecule has 1 saturated carbocycles. The molecule has 12 heteroatoms. The smallest absolute Gasteiger partial charge is 0.265 e. The largest absolute Gasteiger partial charge is 0.495 e. The van der Waals surface area contributed by atoms with E-state index in [1.807, 2.05) is 61.5 Å². The molecule has 0 aromatic heterocycles. The summed E-state index contributed by atoms with van der Waals surface area (Å²) in [5, 5.41) is 3.43. The van der Waals surface area contributed by atoms with Gasteiger partial charge < -0.3 is 24.4 Å². The van der Waals surface area contributed by atoms with Gasteiger partial charge in [-0.25, -0.2) is 8.42 Å². The van der Waals surface area contributed by atoms with Crippen LogP contribution in [0.2, 0.25) is 5.02 Å². The van der Waals surface area contributed by atoms with Crippen molar-refractivity contribution >= 4 is 39.1 Å². The van der Waals surface area contributed by atoms with Crippen LogP contribution in [0.15, 0.2) is 95.9 Å². The second kappa shape index (κ2) is 17.0. The number of nitrogens with one attached hydrogen (secondary N) is 1. The summed E-state index contributed by atoms with van der Waals surface area (Å²) in [6.07, 6.45) is 3.98. The molecule has 0 heterocycles. The molecule has 5 rings (SSSR count). The molecule has 0 saturated heterocycles. The highest BCUT2D eigenvalue weighted by molar-refractivity contribution is 7.92. The van der Waals surface area contributed by atoms with Crippen LogP contribution in [0.5, 0.6) is 17.2 Å². The Kier molecular flexibility index (Phi) is 12.5. The Morgan fingerprint density at radius 1 is 0.824 bits per heavy atom. The third-order valence-electron chi connectivity index (χ3n) is 9.04. The highest BCUT2D eigenvalue weighted by atomic mass is 35.5. The van der Waals surface area contributed by atoms with E-state index >= 15 is 0 Å². The van der Waals surface area contributed by atoms with Crippen molar-refractivity contribution in [2.45, 2.75) is 62.6 Å². The molecule has 1 N–H and O–H groups in total. The molecule has 1 fully saturated rings. The fourth-order valence-corrected chi connectivity index (χ4v) is 8.00. The van der Waals surface area contributed by atoms with E-state index in [1.54, 1.807) is 6.07 Å². The van der Waals surface area contributed by atoms with Gasteiger partial charge in [0.25, 0.3) is 10.0 Å². The SMILES string of the molecule is COc1ccc(S(=O)(=O)N(CC(=O)N(Cc2cccc(C)c2)C(Cc2ccccc2)C(=O)NC2CCCC2)c2cc(Cl)ccc2OC)cc1OC. The van der Waals surface area contributed by atoms with Crippen LogP contribution in [-0.2, 0) is 32.6 Å². The minimum absolute atomic E-state index is 0.00402. The minimum Gasteiger partial charge on any atom is -0.495 e. The summed E-state index contributed by atoms with van der Waals surface area (Å²) in [6.45, 7) is 1.35. The van der Waals surface area contributed by atoms with Crippen LogP contribution in [0.3, 0.4) is 0 Å². The molecule has 1 aliphatic rings. The lowest BCUT2D eigenvalue weighted by atomic mass is 10.0. The zero-order valence-electron chi connectivity index (χ0n) is 29.3. The summed E-state index contributed by atoms with van der Waals surface area (Å²) in [6, 6.07) is 25.0. The second-order valence-corrected chi connectivity index (χ2v) is 14.8. The van der Waals surface area contributed by atoms with Gasteiger partial charge in [0.05, 0.1) is 31.9 Å². The lowest BCUT2D eigenvalue weighted by molar-refractivity contribution is -0.140. The summed E-state index contributed by atoms with van der Waals surface area (Å²) >= 11 is 6.42. The molecule has 4 aromatic rings. The van der Waals surface area contributed by atoms with Crippen molar-refractivity contribution in [2.75, 3.05) is 32.2 Å². The van der Waals surface area contributed by atoms with E-state index in [2.05, 4.69) is 5.32 Å². The fourth-order valence-electron chi connectivity index (χ4n) is 6.40. The summed E-state index contributed by atoms with van der Waals surface area (Å²) in [5.41, 5.74) is 2.69. The number of carbonyl (C=O) groups is 2. The van der Waals surface area contributed by atoms with Gasteiger partial charge >= 0.3 is 0 Å². The van der Waals surface area contributed by atoms with Crippen LogP contribution in [0, 0.1) is 6.92 Å². The molecule has 270 valence electrons. The first-order valence-corrected chi connectivity index (χ1v) is 18.6. The Labute approximate surface area is 305 Å². The maximum absolute atomic E-state index is 14.9. The zero-order chi connectivity index (χ0) is 36.5. The Morgan fingerprint density at radius 2 is 1.49 bits per heavy atom. The first-order chi connectivity index (χ1) is 24.5. The van der Waals surface area contributed by atoms with E-state index in [9.17, 15) is 18.0 Å². The molecule has 10 nitrogen and oxygen atoms in total. The number of hydrogen-bond donors (Lipinski definition) is 1. The number of sulfonamides is 1. The zero-order valence-corrected chi connectivity index (χ0v) is 30.9.